The highest BCUT2D eigenvalue weighted by atomic mass is 16.5. The molecule has 0 spiro atoms. The van der Waals surface area contributed by atoms with Crippen LogP contribution in [0.2, 0.25) is 0 Å². The van der Waals surface area contributed by atoms with Crippen LogP contribution in [-0.2, 0) is 9.53 Å². The third-order valence-electron chi connectivity index (χ3n) is 4.45. The number of amides is 1. The molecular formula is C14H25NO2. The lowest BCUT2D eigenvalue weighted by atomic mass is 9.86. The fourth-order valence-electron chi connectivity index (χ4n) is 3.04. The molecule has 0 unspecified atom stereocenters. The fourth-order valence-corrected chi connectivity index (χ4v) is 3.04. The largest absolute Gasteiger partial charge is 0.381 e. The minimum Gasteiger partial charge on any atom is -0.381 e. The molecule has 2 aliphatic rings. The molecule has 1 saturated heterocycles. The molecule has 1 saturated carbocycles. The van der Waals surface area contributed by atoms with Crippen LogP contribution in [0.15, 0.2) is 0 Å². The summed E-state index contributed by atoms with van der Waals surface area (Å²) < 4.78 is 5.32. The van der Waals surface area contributed by atoms with Crippen molar-refractivity contribution < 1.29 is 9.53 Å². The lowest BCUT2D eigenvalue weighted by molar-refractivity contribution is -0.140. The smallest absolute Gasteiger partial charge is 0.225 e. The fraction of sp³-hybridized carbons (Fsp3) is 0.929. The Morgan fingerprint density at radius 2 is 1.65 bits per heavy atom. The highest BCUT2D eigenvalue weighted by Gasteiger charge is 2.30. The Kier molecular flexibility index (Phi) is 4.43. The van der Waals surface area contributed by atoms with Crippen LogP contribution in [0.25, 0.3) is 0 Å². The van der Waals surface area contributed by atoms with Crippen molar-refractivity contribution in [2.45, 2.75) is 51.5 Å². The summed E-state index contributed by atoms with van der Waals surface area (Å²) in [6, 6.07) is 0.488. The van der Waals surface area contributed by atoms with Crippen molar-refractivity contribution in [3.8, 4) is 0 Å². The Hall–Kier alpha value is -0.570. The van der Waals surface area contributed by atoms with E-state index >= 15 is 0 Å². The molecule has 1 aliphatic heterocycles. The van der Waals surface area contributed by atoms with Gasteiger partial charge in [-0.2, -0.15) is 0 Å². The maximum Gasteiger partial charge on any atom is 0.225 e. The third kappa shape index (κ3) is 3.21. The van der Waals surface area contributed by atoms with Crippen LogP contribution >= 0.6 is 0 Å². The molecule has 0 aromatic carbocycles. The van der Waals surface area contributed by atoms with Gasteiger partial charge in [-0.3, -0.25) is 4.79 Å². The normalized spacial score (nSPS) is 31.2. The summed E-state index contributed by atoms with van der Waals surface area (Å²) in [6.45, 7) is 3.83. The average Bonchev–Trinajstić information content (AvgIpc) is 2.39. The molecule has 3 heteroatoms. The summed E-state index contributed by atoms with van der Waals surface area (Å²) >= 11 is 0. The number of nitrogens with zero attached hydrogens (tertiary/aromatic N) is 1. The number of rotatable bonds is 2. The van der Waals surface area contributed by atoms with Crippen molar-refractivity contribution in [3.05, 3.63) is 0 Å². The van der Waals surface area contributed by atoms with Crippen molar-refractivity contribution in [1.29, 1.82) is 0 Å². The van der Waals surface area contributed by atoms with Gasteiger partial charge in [-0.25, -0.2) is 0 Å². The minimum atomic E-state index is 0.216. The number of ether oxygens (including phenoxy) is 1. The standard InChI is InChI=1S/C14H25NO2/c1-11-3-5-13(6-4-11)15(2)14(16)12-7-9-17-10-8-12/h11-13H,3-10H2,1-2H3. The summed E-state index contributed by atoms with van der Waals surface area (Å²) in [5.41, 5.74) is 0. The SMILES string of the molecule is CC1CCC(N(C)C(=O)C2CCOCC2)CC1. The summed E-state index contributed by atoms with van der Waals surface area (Å²) in [5, 5.41) is 0. The van der Waals surface area contributed by atoms with Crippen molar-refractivity contribution in [2.75, 3.05) is 20.3 Å². The van der Waals surface area contributed by atoms with Gasteiger partial charge in [0.05, 0.1) is 0 Å². The van der Waals surface area contributed by atoms with E-state index in [1.165, 1.54) is 25.7 Å². The van der Waals surface area contributed by atoms with Crippen LogP contribution in [0, 0.1) is 11.8 Å². The van der Waals surface area contributed by atoms with Gasteiger partial charge in [-0.1, -0.05) is 6.92 Å². The first-order valence-electron chi connectivity index (χ1n) is 7.03. The van der Waals surface area contributed by atoms with Crippen molar-refractivity contribution in [3.63, 3.8) is 0 Å². The van der Waals surface area contributed by atoms with Gasteiger partial charge in [0.1, 0.15) is 0 Å². The third-order valence-corrected chi connectivity index (χ3v) is 4.45. The average molecular weight is 239 g/mol. The van der Waals surface area contributed by atoms with Gasteiger partial charge in [-0.05, 0) is 44.4 Å². The molecule has 0 aromatic rings. The second-order valence-corrected chi connectivity index (χ2v) is 5.75. The van der Waals surface area contributed by atoms with Gasteiger partial charge in [0.25, 0.3) is 0 Å². The van der Waals surface area contributed by atoms with Gasteiger partial charge >= 0.3 is 0 Å². The first-order chi connectivity index (χ1) is 8.18. The van der Waals surface area contributed by atoms with Crippen LogP contribution in [-0.4, -0.2) is 37.1 Å². The van der Waals surface area contributed by atoms with E-state index in [1.807, 2.05) is 11.9 Å². The quantitative estimate of drug-likeness (QED) is 0.741. The molecular weight excluding hydrogens is 214 g/mol. The van der Waals surface area contributed by atoms with Crippen molar-refractivity contribution in [2.24, 2.45) is 11.8 Å². The lowest BCUT2D eigenvalue weighted by Gasteiger charge is -2.36. The van der Waals surface area contributed by atoms with E-state index in [2.05, 4.69) is 6.92 Å². The molecule has 1 amide bonds. The molecule has 0 atom stereocenters. The van der Waals surface area contributed by atoms with Crippen LogP contribution in [0.4, 0.5) is 0 Å². The number of carbonyl (C=O) groups excluding carboxylic acids is 1. The van der Waals surface area contributed by atoms with Gasteiger partial charge in [0.2, 0.25) is 5.91 Å². The van der Waals surface area contributed by atoms with E-state index in [9.17, 15) is 4.79 Å². The Balaban J connectivity index is 1.85. The minimum absolute atomic E-state index is 0.216. The molecule has 3 nitrogen and oxygen atoms in total. The van der Waals surface area contributed by atoms with E-state index in [-0.39, 0.29) is 5.92 Å². The Morgan fingerprint density at radius 1 is 1.06 bits per heavy atom. The van der Waals surface area contributed by atoms with E-state index in [4.69, 9.17) is 4.74 Å². The predicted octanol–water partition coefficient (Wildman–Crippen LogP) is 2.45. The molecule has 1 aliphatic carbocycles. The Labute approximate surface area is 105 Å². The van der Waals surface area contributed by atoms with Crippen molar-refractivity contribution >= 4 is 5.91 Å². The Bertz CT molecular complexity index is 253. The highest BCUT2D eigenvalue weighted by Crippen LogP contribution is 2.28. The van der Waals surface area contributed by atoms with Crippen LogP contribution < -0.4 is 0 Å². The van der Waals surface area contributed by atoms with Gasteiger partial charge in [0.15, 0.2) is 0 Å². The second kappa shape index (κ2) is 5.85. The zero-order chi connectivity index (χ0) is 12.3. The topological polar surface area (TPSA) is 29.5 Å². The summed E-state index contributed by atoms with van der Waals surface area (Å²) in [7, 11) is 2.00. The summed E-state index contributed by atoms with van der Waals surface area (Å²) in [5.74, 6) is 1.42. The summed E-state index contributed by atoms with van der Waals surface area (Å²) in [4.78, 5) is 14.4. The summed E-state index contributed by atoms with van der Waals surface area (Å²) in [6.07, 6.45) is 6.74. The molecule has 0 bridgehead atoms. The van der Waals surface area contributed by atoms with E-state index in [0.29, 0.717) is 11.9 Å². The molecule has 0 radical (unpaired) electrons. The van der Waals surface area contributed by atoms with E-state index in [1.54, 1.807) is 0 Å². The predicted molar refractivity (Wildman–Crippen MR) is 67.7 cm³/mol. The van der Waals surface area contributed by atoms with E-state index < -0.39 is 0 Å². The zero-order valence-corrected chi connectivity index (χ0v) is 11.2. The molecule has 98 valence electrons. The molecule has 0 aromatic heterocycles. The van der Waals surface area contributed by atoms with Crippen LogP contribution in [0.3, 0.4) is 0 Å². The molecule has 2 fully saturated rings. The maximum absolute atomic E-state index is 12.3. The Morgan fingerprint density at radius 3 is 2.24 bits per heavy atom. The molecule has 0 N–H and O–H groups in total. The molecule has 1 heterocycles. The number of hydrogen-bond acceptors (Lipinski definition) is 2. The molecule has 17 heavy (non-hydrogen) atoms. The first-order valence-corrected chi connectivity index (χ1v) is 7.03. The highest BCUT2D eigenvalue weighted by molar-refractivity contribution is 5.79. The number of hydrogen-bond donors (Lipinski definition) is 0. The first kappa shape index (κ1) is 12.9. The van der Waals surface area contributed by atoms with Crippen LogP contribution in [0.1, 0.15) is 45.4 Å². The zero-order valence-electron chi connectivity index (χ0n) is 11.2. The van der Waals surface area contributed by atoms with Gasteiger partial charge < -0.3 is 9.64 Å². The van der Waals surface area contributed by atoms with Crippen molar-refractivity contribution in [1.82, 2.24) is 4.90 Å². The number of carbonyl (C=O) groups is 1. The second-order valence-electron chi connectivity index (χ2n) is 5.75. The molecule has 2 rings (SSSR count). The van der Waals surface area contributed by atoms with Crippen LogP contribution in [0.5, 0.6) is 0 Å². The maximum atomic E-state index is 12.3. The van der Waals surface area contributed by atoms with Gasteiger partial charge in [0, 0.05) is 32.2 Å². The van der Waals surface area contributed by atoms with E-state index in [0.717, 1.165) is 32.0 Å². The monoisotopic (exact) mass is 239 g/mol. The lowest BCUT2D eigenvalue weighted by Crippen LogP contribution is -2.43. The van der Waals surface area contributed by atoms with Gasteiger partial charge in [-0.15, -0.1) is 0 Å².